The first-order valence-electron chi connectivity index (χ1n) is 12.5. The van der Waals surface area contributed by atoms with Crippen LogP contribution in [0.15, 0.2) is 48.5 Å². The molecule has 0 aromatic heterocycles. The van der Waals surface area contributed by atoms with Crippen LogP contribution in [0.2, 0.25) is 0 Å². The first kappa shape index (κ1) is 24.8. The largest absolute Gasteiger partial charge is 0.481 e. The van der Waals surface area contributed by atoms with Crippen LogP contribution in [0.3, 0.4) is 0 Å². The number of carbonyl (C=O) groups excluding carboxylic acids is 2. The van der Waals surface area contributed by atoms with E-state index in [0.717, 1.165) is 35.1 Å². The number of amides is 2. The molecule has 4 rings (SSSR count). The van der Waals surface area contributed by atoms with Crippen molar-refractivity contribution in [3.8, 4) is 11.1 Å². The Kier molecular flexibility index (Phi) is 7.73. The fraction of sp³-hybridized carbons (Fsp3) is 0.464. The Balaban J connectivity index is 1.42. The molecule has 0 spiro atoms. The Bertz CT molecular complexity index is 1040. The van der Waals surface area contributed by atoms with E-state index in [1.54, 1.807) is 4.90 Å². The Morgan fingerprint density at radius 2 is 1.69 bits per heavy atom. The van der Waals surface area contributed by atoms with Gasteiger partial charge in [-0.1, -0.05) is 62.4 Å². The minimum Gasteiger partial charge on any atom is -0.481 e. The second kappa shape index (κ2) is 10.9. The number of alkyl carbamates (subject to hydrolysis) is 1. The van der Waals surface area contributed by atoms with Gasteiger partial charge in [0.2, 0.25) is 5.91 Å². The summed E-state index contributed by atoms with van der Waals surface area (Å²) in [6, 6.07) is 15.2. The molecule has 186 valence electrons. The number of hydrogen-bond donors (Lipinski definition) is 2. The van der Waals surface area contributed by atoms with Crippen LogP contribution in [-0.4, -0.2) is 53.7 Å². The van der Waals surface area contributed by atoms with Gasteiger partial charge in [-0.05, 0) is 53.4 Å². The molecule has 35 heavy (non-hydrogen) atoms. The van der Waals surface area contributed by atoms with Gasteiger partial charge in [0.15, 0.2) is 0 Å². The molecule has 0 radical (unpaired) electrons. The molecule has 7 nitrogen and oxygen atoms in total. The van der Waals surface area contributed by atoms with Crippen molar-refractivity contribution in [3.63, 3.8) is 0 Å². The zero-order chi connectivity index (χ0) is 24.9. The SMILES string of the molecule is CC(C)C1CCCN(C(=O)C(CCC(=O)O)NC(=O)OCC2c3ccccc3-c3ccccc32)C1. The topological polar surface area (TPSA) is 95.9 Å². The molecule has 0 bridgehead atoms. The fourth-order valence-electron chi connectivity index (χ4n) is 5.28. The predicted octanol–water partition coefficient (Wildman–Crippen LogP) is 4.65. The van der Waals surface area contributed by atoms with Gasteiger partial charge in [-0.15, -0.1) is 0 Å². The van der Waals surface area contributed by atoms with Crippen molar-refractivity contribution in [2.75, 3.05) is 19.7 Å². The number of nitrogens with one attached hydrogen (secondary N) is 1. The predicted molar refractivity (Wildman–Crippen MR) is 133 cm³/mol. The molecule has 2 amide bonds. The summed E-state index contributed by atoms with van der Waals surface area (Å²) in [4.78, 5) is 39.0. The van der Waals surface area contributed by atoms with E-state index in [2.05, 4.69) is 31.3 Å². The molecule has 1 aliphatic carbocycles. The lowest BCUT2D eigenvalue weighted by Crippen LogP contribution is -2.52. The summed E-state index contributed by atoms with van der Waals surface area (Å²) in [5.74, 6) is -0.461. The molecule has 2 atom stereocenters. The van der Waals surface area contributed by atoms with Crippen molar-refractivity contribution in [1.82, 2.24) is 10.2 Å². The number of aliphatic carboxylic acids is 1. The third-order valence-electron chi connectivity index (χ3n) is 7.29. The Hall–Kier alpha value is -3.35. The Labute approximate surface area is 206 Å². The van der Waals surface area contributed by atoms with Crippen molar-refractivity contribution >= 4 is 18.0 Å². The fourth-order valence-corrected chi connectivity index (χ4v) is 5.28. The lowest BCUT2D eigenvalue weighted by Gasteiger charge is -2.36. The zero-order valence-corrected chi connectivity index (χ0v) is 20.4. The van der Waals surface area contributed by atoms with Crippen LogP contribution in [-0.2, 0) is 14.3 Å². The first-order chi connectivity index (χ1) is 16.8. The van der Waals surface area contributed by atoms with Crippen LogP contribution in [0, 0.1) is 11.8 Å². The van der Waals surface area contributed by atoms with Gasteiger partial charge in [-0.2, -0.15) is 0 Å². The summed E-state index contributed by atoms with van der Waals surface area (Å²) in [7, 11) is 0. The number of carboxylic acids is 1. The number of carbonyl (C=O) groups is 3. The summed E-state index contributed by atoms with van der Waals surface area (Å²) in [6.07, 6.45) is 1.10. The van der Waals surface area contributed by atoms with Gasteiger partial charge >= 0.3 is 12.1 Å². The molecule has 2 N–H and O–H groups in total. The smallest absolute Gasteiger partial charge is 0.407 e. The highest BCUT2D eigenvalue weighted by Gasteiger charge is 2.33. The van der Waals surface area contributed by atoms with Crippen molar-refractivity contribution in [2.45, 2.75) is 51.5 Å². The number of piperidine rings is 1. The highest BCUT2D eigenvalue weighted by molar-refractivity contribution is 5.86. The van der Waals surface area contributed by atoms with Gasteiger partial charge in [-0.25, -0.2) is 4.79 Å². The van der Waals surface area contributed by atoms with E-state index >= 15 is 0 Å². The second-order valence-corrected chi connectivity index (χ2v) is 9.89. The summed E-state index contributed by atoms with van der Waals surface area (Å²) in [6.45, 7) is 5.69. The number of ether oxygens (including phenoxy) is 1. The summed E-state index contributed by atoms with van der Waals surface area (Å²) >= 11 is 0. The van der Waals surface area contributed by atoms with Crippen molar-refractivity contribution < 1.29 is 24.2 Å². The van der Waals surface area contributed by atoms with E-state index in [0.29, 0.717) is 24.9 Å². The van der Waals surface area contributed by atoms with E-state index in [1.165, 1.54) is 0 Å². The molecule has 1 aliphatic heterocycles. The van der Waals surface area contributed by atoms with Crippen LogP contribution < -0.4 is 5.32 Å². The molecular formula is C28H34N2O5. The Morgan fingerprint density at radius 1 is 1.06 bits per heavy atom. The highest BCUT2D eigenvalue weighted by Crippen LogP contribution is 2.44. The third kappa shape index (κ3) is 5.66. The molecule has 2 aromatic carbocycles. The number of likely N-dealkylation sites (tertiary alicyclic amines) is 1. The van der Waals surface area contributed by atoms with Crippen LogP contribution in [0.25, 0.3) is 11.1 Å². The summed E-state index contributed by atoms with van der Waals surface area (Å²) in [5.41, 5.74) is 4.48. The molecule has 1 fully saturated rings. The van der Waals surface area contributed by atoms with Gasteiger partial charge in [0.1, 0.15) is 12.6 Å². The third-order valence-corrected chi connectivity index (χ3v) is 7.29. The summed E-state index contributed by atoms with van der Waals surface area (Å²) in [5, 5.41) is 11.8. The van der Waals surface area contributed by atoms with E-state index < -0.39 is 18.1 Å². The molecule has 2 unspecified atom stereocenters. The monoisotopic (exact) mass is 478 g/mol. The van der Waals surface area contributed by atoms with Gasteiger partial charge in [-0.3, -0.25) is 9.59 Å². The molecule has 1 heterocycles. The maximum absolute atomic E-state index is 13.3. The van der Waals surface area contributed by atoms with Crippen LogP contribution in [0.4, 0.5) is 4.79 Å². The number of fused-ring (bicyclic) bond motifs is 3. The molecule has 1 saturated heterocycles. The lowest BCUT2D eigenvalue weighted by atomic mass is 9.87. The van der Waals surface area contributed by atoms with Gasteiger partial charge in [0.25, 0.3) is 0 Å². The quantitative estimate of drug-likeness (QED) is 0.576. The van der Waals surface area contributed by atoms with E-state index in [9.17, 15) is 14.4 Å². The standard InChI is InChI=1S/C28H34N2O5/c1-18(2)19-8-7-15-30(16-19)27(33)25(13-14-26(31)32)29-28(34)35-17-24-22-11-5-3-9-20(22)21-10-4-6-12-23(21)24/h3-6,9-12,18-19,24-25H,7-8,13-17H2,1-2H3,(H,29,34)(H,31,32). The van der Waals surface area contributed by atoms with Crippen molar-refractivity contribution in [3.05, 3.63) is 59.7 Å². The lowest BCUT2D eigenvalue weighted by molar-refractivity contribution is -0.138. The Morgan fingerprint density at radius 3 is 2.29 bits per heavy atom. The zero-order valence-electron chi connectivity index (χ0n) is 20.4. The van der Waals surface area contributed by atoms with Crippen LogP contribution >= 0.6 is 0 Å². The second-order valence-electron chi connectivity index (χ2n) is 9.89. The number of rotatable bonds is 8. The number of carboxylic acid groups (broad SMARTS) is 1. The first-order valence-corrected chi connectivity index (χ1v) is 12.5. The maximum Gasteiger partial charge on any atom is 0.407 e. The van der Waals surface area contributed by atoms with Crippen LogP contribution in [0.5, 0.6) is 0 Å². The van der Waals surface area contributed by atoms with E-state index in [1.807, 2.05) is 36.4 Å². The molecular weight excluding hydrogens is 444 g/mol. The van der Waals surface area contributed by atoms with Crippen molar-refractivity contribution in [2.24, 2.45) is 11.8 Å². The summed E-state index contributed by atoms with van der Waals surface area (Å²) < 4.78 is 5.61. The van der Waals surface area contributed by atoms with E-state index in [4.69, 9.17) is 9.84 Å². The van der Waals surface area contributed by atoms with Crippen molar-refractivity contribution in [1.29, 1.82) is 0 Å². The van der Waals surface area contributed by atoms with Gasteiger partial charge in [0, 0.05) is 25.4 Å². The molecule has 2 aliphatic rings. The molecule has 7 heteroatoms. The molecule has 2 aromatic rings. The minimum absolute atomic E-state index is 0.0290. The number of hydrogen-bond acceptors (Lipinski definition) is 4. The number of nitrogens with zero attached hydrogens (tertiary/aromatic N) is 1. The minimum atomic E-state index is -1.00. The number of benzene rings is 2. The average Bonchev–Trinajstić information content (AvgIpc) is 3.18. The highest BCUT2D eigenvalue weighted by atomic mass is 16.5. The maximum atomic E-state index is 13.3. The van der Waals surface area contributed by atoms with Gasteiger partial charge < -0.3 is 20.1 Å². The van der Waals surface area contributed by atoms with Gasteiger partial charge in [0.05, 0.1) is 0 Å². The van der Waals surface area contributed by atoms with Crippen LogP contribution in [0.1, 0.15) is 56.6 Å². The normalized spacial score (nSPS) is 18.0. The average molecular weight is 479 g/mol. The molecule has 0 saturated carbocycles. The van der Waals surface area contributed by atoms with E-state index in [-0.39, 0.29) is 31.3 Å².